The van der Waals surface area contributed by atoms with Gasteiger partial charge in [0.05, 0.1) is 6.61 Å². The molecule has 2 aliphatic rings. The second-order valence-electron chi connectivity index (χ2n) is 6.46. The smallest absolute Gasteiger partial charge is 0.254 e. The summed E-state index contributed by atoms with van der Waals surface area (Å²) >= 11 is 0. The Kier molecular flexibility index (Phi) is 5.82. The molecule has 130 valence electrons. The Morgan fingerprint density at radius 1 is 1.04 bits per heavy atom. The van der Waals surface area contributed by atoms with Gasteiger partial charge in [0.25, 0.3) is 5.91 Å². The summed E-state index contributed by atoms with van der Waals surface area (Å²) in [6.45, 7) is 1.83. The number of anilines is 2. The highest BCUT2D eigenvalue weighted by Crippen LogP contribution is 2.25. The molecule has 0 aromatic heterocycles. The van der Waals surface area contributed by atoms with Gasteiger partial charge >= 0.3 is 0 Å². The van der Waals surface area contributed by atoms with Gasteiger partial charge in [-0.3, -0.25) is 9.59 Å². The van der Waals surface area contributed by atoms with Gasteiger partial charge < -0.3 is 20.7 Å². The monoisotopic (exact) mass is 331 g/mol. The number of carbonyl (C=O) groups excluding carboxylic acids is 2. The summed E-state index contributed by atoms with van der Waals surface area (Å²) in [7, 11) is 0. The topological polar surface area (TPSA) is 79.5 Å². The average Bonchev–Trinajstić information content (AvgIpc) is 2.63. The number of morpholine rings is 1. The van der Waals surface area contributed by atoms with Gasteiger partial charge in [-0.1, -0.05) is 25.3 Å². The molecule has 6 nitrogen and oxygen atoms in total. The lowest BCUT2D eigenvalue weighted by atomic mass is 9.88. The van der Waals surface area contributed by atoms with Crippen LogP contribution in [0.5, 0.6) is 0 Å². The third kappa shape index (κ3) is 4.55. The molecular weight excluding hydrogens is 306 g/mol. The fourth-order valence-electron chi connectivity index (χ4n) is 3.24. The van der Waals surface area contributed by atoms with E-state index in [4.69, 9.17) is 4.74 Å². The Balaban J connectivity index is 1.57. The van der Waals surface area contributed by atoms with E-state index in [0.717, 1.165) is 32.2 Å². The summed E-state index contributed by atoms with van der Waals surface area (Å²) in [6, 6.07) is 7.26. The summed E-state index contributed by atoms with van der Waals surface area (Å²) in [5.41, 5.74) is 1.38. The van der Waals surface area contributed by atoms with Crippen molar-refractivity contribution in [2.75, 3.05) is 30.3 Å². The average molecular weight is 331 g/mol. The predicted octanol–water partition coefficient (Wildman–Crippen LogP) is 2.13. The molecule has 1 saturated heterocycles. The molecule has 1 saturated carbocycles. The van der Waals surface area contributed by atoms with E-state index >= 15 is 0 Å². The third-order valence-electron chi connectivity index (χ3n) is 4.59. The third-order valence-corrected chi connectivity index (χ3v) is 4.59. The molecule has 2 fully saturated rings. The second kappa shape index (κ2) is 8.26. The number of nitrogens with one attached hydrogen (secondary N) is 3. The molecule has 1 aliphatic heterocycles. The lowest BCUT2D eigenvalue weighted by Gasteiger charge is -2.23. The number of benzene rings is 1. The van der Waals surface area contributed by atoms with E-state index < -0.39 is 6.10 Å². The Morgan fingerprint density at radius 3 is 2.42 bits per heavy atom. The fourth-order valence-corrected chi connectivity index (χ4v) is 3.24. The minimum atomic E-state index is -0.473. The molecule has 3 rings (SSSR count). The summed E-state index contributed by atoms with van der Waals surface area (Å²) in [6.07, 6.45) is 4.94. The van der Waals surface area contributed by atoms with Crippen LogP contribution in [-0.4, -0.2) is 37.6 Å². The fraction of sp³-hybridized carbons (Fsp3) is 0.556. The molecule has 1 unspecified atom stereocenters. The number of hydrogen-bond acceptors (Lipinski definition) is 4. The van der Waals surface area contributed by atoms with Crippen molar-refractivity contribution in [2.45, 2.75) is 38.2 Å². The molecule has 0 spiro atoms. The van der Waals surface area contributed by atoms with Gasteiger partial charge in [0.15, 0.2) is 0 Å². The number of rotatable bonds is 4. The highest BCUT2D eigenvalue weighted by Gasteiger charge is 2.23. The largest absolute Gasteiger partial charge is 0.366 e. The van der Waals surface area contributed by atoms with E-state index in [-0.39, 0.29) is 17.7 Å². The molecule has 2 amide bonds. The van der Waals surface area contributed by atoms with Crippen LogP contribution in [0.1, 0.15) is 32.1 Å². The molecule has 1 atom stereocenters. The summed E-state index contributed by atoms with van der Waals surface area (Å²) in [5.74, 6) is 0.0228. The van der Waals surface area contributed by atoms with Crippen molar-refractivity contribution in [1.29, 1.82) is 0 Å². The van der Waals surface area contributed by atoms with Crippen LogP contribution in [0.25, 0.3) is 0 Å². The zero-order chi connectivity index (χ0) is 16.8. The lowest BCUT2D eigenvalue weighted by molar-refractivity contribution is -0.128. The van der Waals surface area contributed by atoms with Crippen LogP contribution in [0.3, 0.4) is 0 Å². The zero-order valence-corrected chi connectivity index (χ0v) is 13.8. The van der Waals surface area contributed by atoms with E-state index in [1.807, 2.05) is 18.2 Å². The van der Waals surface area contributed by atoms with E-state index in [1.54, 1.807) is 6.07 Å². The molecule has 0 radical (unpaired) electrons. The zero-order valence-electron chi connectivity index (χ0n) is 13.8. The Bertz CT molecular complexity index is 531. The number of carbonyl (C=O) groups is 2. The SMILES string of the molecule is O=C(Nc1cccc(NC(=O)C2CNCCO2)c1)C1CCCCC1. The highest BCUT2D eigenvalue weighted by molar-refractivity contribution is 5.96. The molecule has 1 aliphatic carbocycles. The van der Waals surface area contributed by atoms with Crippen molar-refractivity contribution in [2.24, 2.45) is 5.92 Å². The first-order valence-electron chi connectivity index (χ1n) is 8.76. The van der Waals surface area contributed by atoms with E-state index in [9.17, 15) is 9.59 Å². The maximum absolute atomic E-state index is 12.3. The first-order valence-corrected chi connectivity index (χ1v) is 8.76. The van der Waals surface area contributed by atoms with E-state index in [2.05, 4.69) is 16.0 Å². The van der Waals surface area contributed by atoms with Crippen LogP contribution >= 0.6 is 0 Å². The van der Waals surface area contributed by atoms with Crippen molar-refractivity contribution >= 4 is 23.2 Å². The van der Waals surface area contributed by atoms with Crippen LogP contribution in [-0.2, 0) is 14.3 Å². The minimum Gasteiger partial charge on any atom is -0.366 e. The van der Waals surface area contributed by atoms with Crippen LogP contribution in [0.4, 0.5) is 11.4 Å². The summed E-state index contributed by atoms with van der Waals surface area (Å²) in [5, 5.41) is 8.95. The summed E-state index contributed by atoms with van der Waals surface area (Å²) < 4.78 is 5.44. The van der Waals surface area contributed by atoms with Gasteiger partial charge in [0, 0.05) is 30.4 Å². The Labute approximate surface area is 142 Å². The van der Waals surface area contributed by atoms with Crippen LogP contribution in [0.2, 0.25) is 0 Å². The molecule has 1 aromatic rings. The van der Waals surface area contributed by atoms with Gasteiger partial charge in [-0.05, 0) is 31.0 Å². The molecule has 3 N–H and O–H groups in total. The summed E-state index contributed by atoms with van der Waals surface area (Å²) in [4.78, 5) is 24.5. The predicted molar refractivity (Wildman–Crippen MR) is 92.9 cm³/mol. The van der Waals surface area contributed by atoms with Gasteiger partial charge in [-0.2, -0.15) is 0 Å². The van der Waals surface area contributed by atoms with Crippen molar-refractivity contribution in [1.82, 2.24) is 5.32 Å². The van der Waals surface area contributed by atoms with Crippen LogP contribution in [0, 0.1) is 5.92 Å². The van der Waals surface area contributed by atoms with Crippen molar-refractivity contribution in [3.8, 4) is 0 Å². The van der Waals surface area contributed by atoms with Gasteiger partial charge in [-0.15, -0.1) is 0 Å². The maximum Gasteiger partial charge on any atom is 0.254 e. The first kappa shape index (κ1) is 16.9. The minimum absolute atomic E-state index is 0.0815. The van der Waals surface area contributed by atoms with E-state index in [1.165, 1.54) is 6.42 Å². The molecule has 6 heteroatoms. The quantitative estimate of drug-likeness (QED) is 0.790. The number of ether oxygens (including phenoxy) is 1. The number of hydrogen-bond donors (Lipinski definition) is 3. The van der Waals surface area contributed by atoms with Crippen LogP contribution in [0.15, 0.2) is 24.3 Å². The Hall–Kier alpha value is -1.92. The molecular formula is C18H25N3O3. The normalized spacial score (nSPS) is 21.9. The molecule has 24 heavy (non-hydrogen) atoms. The molecule has 0 bridgehead atoms. The highest BCUT2D eigenvalue weighted by atomic mass is 16.5. The second-order valence-corrected chi connectivity index (χ2v) is 6.46. The Morgan fingerprint density at radius 2 is 1.75 bits per heavy atom. The molecule has 1 aromatic carbocycles. The molecule has 1 heterocycles. The van der Waals surface area contributed by atoms with E-state index in [0.29, 0.717) is 24.5 Å². The van der Waals surface area contributed by atoms with Crippen molar-refractivity contribution in [3.05, 3.63) is 24.3 Å². The van der Waals surface area contributed by atoms with Crippen molar-refractivity contribution < 1.29 is 14.3 Å². The lowest BCUT2D eigenvalue weighted by Crippen LogP contribution is -2.45. The van der Waals surface area contributed by atoms with Gasteiger partial charge in [0.1, 0.15) is 6.10 Å². The maximum atomic E-state index is 12.3. The van der Waals surface area contributed by atoms with Crippen LogP contribution < -0.4 is 16.0 Å². The standard InChI is InChI=1S/C18H25N3O3/c22-17(13-5-2-1-3-6-13)20-14-7-4-8-15(11-14)21-18(23)16-12-19-9-10-24-16/h4,7-8,11,13,16,19H,1-3,5-6,9-10,12H2,(H,20,22)(H,21,23). The van der Waals surface area contributed by atoms with Crippen molar-refractivity contribution in [3.63, 3.8) is 0 Å². The number of amides is 2. The van der Waals surface area contributed by atoms with Gasteiger partial charge in [-0.25, -0.2) is 0 Å². The van der Waals surface area contributed by atoms with Gasteiger partial charge in [0.2, 0.25) is 5.91 Å². The first-order chi connectivity index (χ1) is 11.7.